The number of fused-ring (bicyclic) bond motifs is 2. The molecule has 10 nitrogen and oxygen atoms in total. The van der Waals surface area contributed by atoms with Crippen molar-refractivity contribution in [2.24, 2.45) is 0 Å². The van der Waals surface area contributed by atoms with Crippen LogP contribution in [0.4, 0.5) is 0 Å². The number of hydrogen-bond acceptors (Lipinski definition) is 6. The number of H-pyrrole nitrogens is 1. The number of aromatic nitrogens is 3. The van der Waals surface area contributed by atoms with E-state index in [-0.39, 0.29) is 23.3 Å². The van der Waals surface area contributed by atoms with Crippen molar-refractivity contribution >= 4 is 53.7 Å². The number of rotatable bonds is 6. The second kappa shape index (κ2) is 9.62. The number of halogens is 1. The molecule has 0 fully saturated rings. The smallest absolute Gasteiger partial charge is 0.333 e. The lowest BCUT2D eigenvalue weighted by molar-refractivity contribution is 0.0973. The third-order valence-corrected chi connectivity index (χ3v) is 7.05. The maximum absolute atomic E-state index is 13.6. The average molecular weight is 597 g/mol. The van der Waals surface area contributed by atoms with Gasteiger partial charge >= 0.3 is 5.69 Å². The van der Waals surface area contributed by atoms with Crippen molar-refractivity contribution in [3.05, 3.63) is 103 Å². The van der Waals surface area contributed by atoms with E-state index in [0.717, 1.165) is 16.4 Å². The SMILES string of the molecule is COc1cccc(Cn2c(C(=O)NS(C)(=O)=O)c(-n3c(=O)[nH]c4ccccc4c3=O)c3cc(Br)ccc32)c1. The number of benzene rings is 3. The molecule has 0 aliphatic rings. The lowest BCUT2D eigenvalue weighted by atomic mass is 10.2. The minimum atomic E-state index is -3.99. The molecule has 0 atom stereocenters. The molecule has 0 saturated heterocycles. The van der Waals surface area contributed by atoms with Crippen molar-refractivity contribution in [3.8, 4) is 11.4 Å². The number of carbonyl (C=O) groups is 1. The molecule has 2 aromatic heterocycles. The van der Waals surface area contributed by atoms with E-state index in [4.69, 9.17) is 4.74 Å². The van der Waals surface area contributed by atoms with Crippen LogP contribution in [-0.4, -0.2) is 41.8 Å². The number of aromatic amines is 1. The van der Waals surface area contributed by atoms with Gasteiger partial charge in [0.25, 0.3) is 11.5 Å². The van der Waals surface area contributed by atoms with Gasteiger partial charge in [-0.2, -0.15) is 0 Å². The van der Waals surface area contributed by atoms with E-state index < -0.39 is 27.2 Å². The lowest BCUT2D eigenvalue weighted by Crippen LogP contribution is -2.37. The molecule has 2 heterocycles. The first-order chi connectivity index (χ1) is 18.1. The van der Waals surface area contributed by atoms with Crippen LogP contribution in [0, 0.1) is 0 Å². The van der Waals surface area contributed by atoms with Crippen molar-refractivity contribution < 1.29 is 17.9 Å². The fourth-order valence-corrected chi connectivity index (χ4v) is 5.26. The van der Waals surface area contributed by atoms with E-state index in [1.165, 1.54) is 7.11 Å². The van der Waals surface area contributed by atoms with Gasteiger partial charge in [0.05, 0.1) is 35.5 Å². The highest BCUT2D eigenvalue weighted by Crippen LogP contribution is 2.32. The zero-order chi connectivity index (χ0) is 27.2. The zero-order valence-corrected chi connectivity index (χ0v) is 22.6. The van der Waals surface area contributed by atoms with Crippen molar-refractivity contribution in [1.29, 1.82) is 0 Å². The Morgan fingerprint density at radius 3 is 2.53 bits per heavy atom. The van der Waals surface area contributed by atoms with Crippen molar-refractivity contribution in [2.45, 2.75) is 6.54 Å². The molecule has 12 heteroatoms. The Kier molecular flexibility index (Phi) is 6.45. The number of carbonyl (C=O) groups excluding carboxylic acids is 1. The Morgan fingerprint density at radius 2 is 1.79 bits per heavy atom. The summed E-state index contributed by atoms with van der Waals surface area (Å²) in [5.41, 5.74) is -0.0625. The van der Waals surface area contributed by atoms with Gasteiger partial charge in [-0.3, -0.25) is 9.59 Å². The van der Waals surface area contributed by atoms with Gasteiger partial charge in [0, 0.05) is 16.4 Å². The minimum absolute atomic E-state index is 0.0395. The number of nitrogens with one attached hydrogen (secondary N) is 2. The predicted molar refractivity (Wildman–Crippen MR) is 148 cm³/mol. The van der Waals surface area contributed by atoms with E-state index in [9.17, 15) is 22.8 Å². The fourth-order valence-electron chi connectivity index (χ4n) is 4.47. The molecule has 0 radical (unpaired) electrons. The predicted octanol–water partition coefficient (Wildman–Crippen LogP) is 3.14. The first-order valence-corrected chi connectivity index (χ1v) is 14.0. The summed E-state index contributed by atoms with van der Waals surface area (Å²) >= 11 is 3.43. The Bertz CT molecular complexity index is 1970. The number of amides is 1. The van der Waals surface area contributed by atoms with Crippen LogP contribution in [0.15, 0.2) is 80.8 Å². The van der Waals surface area contributed by atoms with Crippen molar-refractivity contribution in [1.82, 2.24) is 18.8 Å². The third kappa shape index (κ3) is 4.63. The average Bonchev–Trinajstić information content (AvgIpc) is 3.16. The van der Waals surface area contributed by atoms with E-state index >= 15 is 0 Å². The van der Waals surface area contributed by atoms with Gasteiger partial charge in [-0.15, -0.1) is 0 Å². The van der Waals surface area contributed by atoms with Gasteiger partial charge in [0.15, 0.2) is 0 Å². The number of methoxy groups -OCH3 is 1. The summed E-state index contributed by atoms with van der Waals surface area (Å²) in [6.45, 7) is 0.113. The maximum Gasteiger partial charge on any atom is 0.333 e. The minimum Gasteiger partial charge on any atom is -0.497 e. The van der Waals surface area contributed by atoms with Gasteiger partial charge in [0.1, 0.15) is 11.4 Å². The second-order valence-corrected chi connectivity index (χ2v) is 11.3. The van der Waals surface area contributed by atoms with Gasteiger partial charge < -0.3 is 14.3 Å². The maximum atomic E-state index is 13.6. The monoisotopic (exact) mass is 596 g/mol. The van der Waals surface area contributed by atoms with Crippen LogP contribution < -0.4 is 20.7 Å². The molecule has 5 aromatic rings. The summed E-state index contributed by atoms with van der Waals surface area (Å²) in [5, 5.41) is 0.620. The molecule has 3 aromatic carbocycles. The lowest BCUT2D eigenvalue weighted by Gasteiger charge is -2.13. The first-order valence-electron chi connectivity index (χ1n) is 11.3. The molecule has 0 bridgehead atoms. The quantitative estimate of drug-likeness (QED) is 0.309. The molecule has 1 amide bonds. The second-order valence-electron chi connectivity index (χ2n) is 8.62. The highest BCUT2D eigenvalue weighted by Gasteiger charge is 2.28. The van der Waals surface area contributed by atoms with E-state index in [1.807, 2.05) is 10.8 Å². The summed E-state index contributed by atoms with van der Waals surface area (Å²) in [6.07, 6.45) is 0.852. The van der Waals surface area contributed by atoms with Crippen LogP contribution in [0.25, 0.3) is 27.5 Å². The molecule has 0 aliphatic heterocycles. The fraction of sp³-hybridized carbons (Fsp3) is 0.115. The first kappa shape index (κ1) is 25.5. The standard InChI is InChI=1S/C26H21BrN4O6S/c1-37-17-7-5-6-15(12-17)14-30-21-11-10-16(27)13-19(21)22(23(30)24(32)29-38(2,35)36)31-25(33)18-8-3-4-9-20(18)28-26(31)34/h3-13H,14H2,1-2H3,(H,28,34)(H,29,32). The summed E-state index contributed by atoms with van der Waals surface area (Å²) in [6, 6.07) is 18.8. The number of nitrogens with zero attached hydrogens (tertiary/aromatic N) is 2. The van der Waals surface area contributed by atoms with Crippen LogP contribution in [0.5, 0.6) is 5.75 Å². The summed E-state index contributed by atoms with van der Waals surface area (Å²) in [5.74, 6) is -0.400. The Labute approximate surface area is 224 Å². The van der Waals surface area contributed by atoms with Crippen LogP contribution >= 0.6 is 15.9 Å². The molecule has 0 saturated carbocycles. The van der Waals surface area contributed by atoms with Crippen molar-refractivity contribution in [3.63, 3.8) is 0 Å². The summed E-state index contributed by atoms with van der Waals surface area (Å²) in [7, 11) is -2.46. The molecular formula is C26H21BrN4O6S. The molecule has 0 spiro atoms. The number of para-hydroxylation sites is 1. The Morgan fingerprint density at radius 1 is 1.03 bits per heavy atom. The largest absolute Gasteiger partial charge is 0.497 e. The molecule has 2 N–H and O–H groups in total. The van der Waals surface area contributed by atoms with Crippen LogP contribution in [-0.2, 0) is 16.6 Å². The number of sulfonamides is 1. The topological polar surface area (TPSA) is 132 Å². The van der Waals surface area contributed by atoms with Crippen LogP contribution in [0.2, 0.25) is 0 Å². The Balaban J connectivity index is 1.91. The van der Waals surface area contributed by atoms with E-state index in [2.05, 4.69) is 20.9 Å². The van der Waals surface area contributed by atoms with E-state index in [0.29, 0.717) is 26.6 Å². The molecular weight excluding hydrogens is 576 g/mol. The van der Waals surface area contributed by atoms with Gasteiger partial charge in [-0.25, -0.2) is 22.5 Å². The molecule has 194 valence electrons. The van der Waals surface area contributed by atoms with Gasteiger partial charge in [-0.1, -0.05) is 40.2 Å². The van der Waals surface area contributed by atoms with Gasteiger partial charge in [-0.05, 0) is 48.0 Å². The molecule has 0 unspecified atom stereocenters. The molecule has 38 heavy (non-hydrogen) atoms. The highest BCUT2D eigenvalue weighted by molar-refractivity contribution is 9.10. The number of ether oxygens (including phenoxy) is 1. The van der Waals surface area contributed by atoms with Crippen LogP contribution in [0.1, 0.15) is 16.1 Å². The molecule has 5 rings (SSSR count). The van der Waals surface area contributed by atoms with Gasteiger partial charge in [0.2, 0.25) is 10.0 Å². The normalized spacial score (nSPS) is 11.7. The highest BCUT2D eigenvalue weighted by atomic mass is 79.9. The summed E-state index contributed by atoms with van der Waals surface area (Å²) < 4.78 is 34.6. The zero-order valence-electron chi connectivity index (χ0n) is 20.2. The van der Waals surface area contributed by atoms with E-state index in [1.54, 1.807) is 65.2 Å². The summed E-state index contributed by atoms with van der Waals surface area (Å²) in [4.78, 5) is 43.2. The van der Waals surface area contributed by atoms with Crippen molar-refractivity contribution in [2.75, 3.05) is 13.4 Å². The number of hydrogen-bond donors (Lipinski definition) is 2. The Hall–Kier alpha value is -4.16. The molecule has 0 aliphatic carbocycles. The van der Waals surface area contributed by atoms with Crippen LogP contribution in [0.3, 0.4) is 0 Å². The third-order valence-electron chi connectivity index (χ3n) is 6.00.